The van der Waals surface area contributed by atoms with E-state index in [0.717, 1.165) is 10.5 Å². The number of carbonyl (C=O) groups is 2. The number of benzene rings is 1. The van der Waals surface area contributed by atoms with Gasteiger partial charge in [0.05, 0.1) is 22.6 Å². The molecule has 1 N–H and O–H groups in total. The first-order valence-corrected chi connectivity index (χ1v) is 11.3. The third-order valence-electron chi connectivity index (χ3n) is 4.40. The summed E-state index contributed by atoms with van der Waals surface area (Å²) in [6.07, 6.45) is 0.470. The van der Waals surface area contributed by atoms with Crippen LogP contribution in [0.5, 0.6) is 0 Å². The highest BCUT2D eigenvalue weighted by molar-refractivity contribution is 7.09. The highest BCUT2D eigenvalue weighted by Crippen LogP contribution is 2.16. The van der Waals surface area contributed by atoms with Crippen molar-refractivity contribution < 1.29 is 23.5 Å². The van der Waals surface area contributed by atoms with Crippen LogP contribution in [0.1, 0.15) is 49.0 Å². The smallest absolute Gasteiger partial charge is 0.410 e. The molecule has 0 fully saturated rings. The van der Waals surface area contributed by atoms with Crippen LogP contribution in [-0.4, -0.2) is 57.2 Å². The van der Waals surface area contributed by atoms with Crippen molar-refractivity contribution in [3.63, 3.8) is 0 Å². The SMILES string of the molecule is CCOC(=O)c1csc(CCN(CCc2nc3cc(F)ccc3[nH]2)C(=O)OC(C)(C)C)n1. The number of halogens is 1. The second kappa shape index (κ2) is 10.1. The van der Waals surface area contributed by atoms with Gasteiger partial charge in [0.25, 0.3) is 0 Å². The van der Waals surface area contributed by atoms with Gasteiger partial charge in [0.2, 0.25) is 0 Å². The molecule has 0 unspecified atom stereocenters. The lowest BCUT2D eigenvalue weighted by Crippen LogP contribution is -2.39. The van der Waals surface area contributed by atoms with Gasteiger partial charge in [0.1, 0.15) is 17.2 Å². The normalized spacial score (nSPS) is 11.5. The fraction of sp³-hybridized carbons (Fsp3) is 0.455. The minimum atomic E-state index is -0.634. The van der Waals surface area contributed by atoms with E-state index in [1.807, 2.05) is 20.8 Å². The number of hydrogen-bond acceptors (Lipinski definition) is 7. The van der Waals surface area contributed by atoms with Crippen molar-refractivity contribution in [1.82, 2.24) is 19.9 Å². The Kier molecular flexibility index (Phi) is 7.44. The fourth-order valence-corrected chi connectivity index (χ4v) is 3.72. The summed E-state index contributed by atoms with van der Waals surface area (Å²) in [7, 11) is 0. The topological polar surface area (TPSA) is 97.4 Å². The number of amides is 1. The van der Waals surface area contributed by atoms with Crippen LogP contribution in [0.3, 0.4) is 0 Å². The number of esters is 1. The van der Waals surface area contributed by atoms with Gasteiger partial charge in [-0.25, -0.2) is 23.9 Å². The number of ether oxygens (including phenoxy) is 2. The summed E-state index contributed by atoms with van der Waals surface area (Å²) in [4.78, 5) is 38.0. The minimum Gasteiger partial charge on any atom is -0.461 e. The second-order valence-corrected chi connectivity index (χ2v) is 9.10. The van der Waals surface area contributed by atoms with Gasteiger partial charge in [0.15, 0.2) is 5.69 Å². The molecule has 3 aromatic rings. The lowest BCUT2D eigenvalue weighted by molar-refractivity contribution is 0.0253. The van der Waals surface area contributed by atoms with Gasteiger partial charge in [-0.05, 0) is 39.8 Å². The van der Waals surface area contributed by atoms with Gasteiger partial charge < -0.3 is 19.4 Å². The van der Waals surface area contributed by atoms with Crippen LogP contribution in [0.2, 0.25) is 0 Å². The monoisotopic (exact) mass is 462 g/mol. The molecule has 0 spiro atoms. The number of nitrogens with one attached hydrogen (secondary N) is 1. The molecule has 8 nitrogen and oxygen atoms in total. The molecule has 0 aliphatic heterocycles. The Morgan fingerprint density at radius 3 is 2.66 bits per heavy atom. The van der Waals surface area contributed by atoms with Crippen LogP contribution in [0.4, 0.5) is 9.18 Å². The first-order valence-electron chi connectivity index (χ1n) is 10.4. The minimum absolute atomic E-state index is 0.269. The Balaban J connectivity index is 1.67. The predicted molar refractivity (Wildman–Crippen MR) is 119 cm³/mol. The summed E-state index contributed by atoms with van der Waals surface area (Å²) >= 11 is 1.34. The highest BCUT2D eigenvalue weighted by Gasteiger charge is 2.23. The van der Waals surface area contributed by atoms with Crippen LogP contribution in [0.25, 0.3) is 11.0 Å². The number of H-pyrrole nitrogens is 1. The second-order valence-electron chi connectivity index (χ2n) is 8.16. The number of hydrogen-bond donors (Lipinski definition) is 1. The van der Waals surface area contributed by atoms with Crippen molar-refractivity contribution >= 4 is 34.4 Å². The molecule has 0 aliphatic rings. The fourth-order valence-electron chi connectivity index (χ4n) is 2.97. The average Bonchev–Trinajstić information content (AvgIpc) is 3.33. The summed E-state index contributed by atoms with van der Waals surface area (Å²) < 4.78 is 23.9. The Hall–Kier alpha value is -3.01. The maximum Gasteiger partial charge on any atom is 0.410 e. The van der Waals surface area contributed by atoms with E-state index in [9.17, 15) is 14.0 Å². The molecule has 10 heteroatoms. The zero-order chi connectivity index (χ0) is 23.3. The van der Waals surface area contributed by atoms with E-state index in [2.05, 4.69) is 15.0 Å². The Morgan fingerprint density at radius 1 is 1.19 bits per heavy atom. The largest absolute Gasteiger partial charge is 0.461 e. The van der Waals surface area contributed by atoms with Gasteiger partial charge in [-0.3, -0.25) is 0 Å². The number of carbonyl (C=O) groups excluding carboxylic acids is 2. The molecular weight excluding hydrogens is 435 g/mol. The maximum atomic E-state index is 13.4. The van der Waals surface area contributed by atoms with E-state index in [4.69, 9.17) is 9.47 Å². The van der Waals surface area contributed by atoms with E-state index in [1.54, 1.807) is 23.3 Å². The number of aromatic amines is 1. The van der Waals surface area contributed by atoms with Gasteiger partial charge in [-0.15, -0.1) is 11.3 Å². The summed E-state index contributed by atoms with van der Waals surface area (Å²) in [6, 6.07) is 4.37. The predicted octanol–water partition coefficient (Wildman–Crippen LogP) is 4.36. The maximum absolute atomic E-state index is 13.4. The summed E-state index contributed by atoms with van der Waals surface area (Å²) in [5.41, 5.74) is 0.910. The first kappa shape index (κ1) is 23.6. The summed E-state index contributed by atoms with van der Waals surface area (Å²) in [6.45, 7) is 8.16. The molecular formula is C22H27FN4O4S. The standard InChI is InChI=1S/C22H27FN4O4S/c1-5-30-20(28)17-13-32-19(26-17)9-11-27(21(29)31-22(2,3)4)10-8-18-24-15-7-6-14(23)12-16(15)25-18/h6-7,12-13H,5,8-11H2,1-4H3,(H,24,25). The Morgan fingerprint density at radius 2 is 1.94 bits per heavy atom. The molecule has 2 aromatic heterocycles. The molecule has 0 radical (unpaired) electrons. The molecule has 0 bridgehead atoms. The molecule has 0 saturated carbocycles. The third-order valence-corrected chi connectivity index (χ3v) is 5.30. The van der Waals surface area contributed by atoms with Crippen LogP contribution in [0.15, 0.2) is 23.6 Å². The number of imidazole rings is 1. The average molecular weight is 463 g/mol. The molecule has 172 valence electrons. The van der Waals surface area contributed by atoms with Gasteiger partial charge in [-0.1, -0.05) is 0 Å². The van der Waals surface area contributed by atoms with Crippen molar-refractivity contribution in [2.75, 3.05) is 19.7 Å². The van der Waals surface area contributed by atoms with E-state index in [1.165, 1.54) is 23.5 Å². The lowest BCUT2D eigenvalue weighted by atomic mass is 10.2. The van der Waals surface area contributed by atoms with Crippen molar-refractivity contribution in [2.24, 2.45) is 0 Å². The molecule has 0 saturated heterocycles. The summed E-state index contributed by atoms with van der Waals surface area (Å²) in [5, 5.41) is 2.37. The summed E-state index contributed by atoms with van der Waals surface area (Å²) in [5.74, 6) is -0.158. The van der Waals surface area contributed by atoms with E-state index in [0.29, 0.717) is 37.3 Å². The first-order chi connectivity index (χ1) is 15.1. The van der Waals surface area contributed by atoms with Crippen molar-refractivity contribution in [3.05, 3.63) is 45.9 Å². The van der Waals surface area contributed by atoms with E-state index >= 15 is 0 Å². The molecule has 0 aliphatic carbocycles. The molecule has 1 amide bonds. The molecule has 0 atom stereocenters. The molecule has 1 aromatic carbocycles. The van der Waals surface area contributed by atoms with Gasteiger partial charge in [0, 0.05) is 37.4 Å². The van der Waals surface area contributed by atoms with Crippen LogP contribution in [0, 0.1) is 5.82 Å². The van der Waals surface area contributed by atoms with Crippen LogP contribution in [-0.2, 0) is 22.3 Å². The zero-order valence-corrected chi connectivity index (χ0v) is 19.4. The third kappa shape index (κ3) is 6.49. The van der Waals surface area contributed by atoms with E-state index < -0.39 is 17.7 Å². The molecule has 3 rings (SSSR count). The number of aromatic nitrogens is 3. The van der Waals surface area contributed by atoms with Gasteiger partial charge in [-0.2, -0.15) is 0 Å². The lowest BCUT2D eigenvalue weighted by Gasteiger charge is -2.27. The Labute approximate surface area is 189 Å². The Bertz CT molecular complexity index is 1090. The quantitative estimate of drug-likeness (QED) is 0.500. The molecule has 32 heavy (non-hydrogen) atoms. The molecule has 2 heterocycles. The van der Waals surface area contributed by atoms with Gasteiger partial charge >= 0.3 is 12.1 Å². The van der Waals surface area contributed by atoms with Crippen molar-refractivity contribution in [2.45, 2.75) is 46.1 Å². The highest BCUT2D eigenvalue weighted by atomic mass is 32.1. The number of thiazole rings is 1. The van der Waals surface area contributed by atoms with Crippen molar-refractivity contribution in [1.29, 1.82) is 0 Å². The zero-order valence-electron chi connectivity index (χ0n) is 18.6. The van der Waals surface area contributed by atoms with Crippen LogP contribution >= 0.6 is 11.3 Å². The van der Waals surface area contributed by atoms with Crippen LogP contribution < -0.4 is 0 Å². The van der Waals surface area contributed by atoms with Crippen molar-refractivity contribution in [3.8, 4) is 0 Å². The number of fused-ring (bicyclic) bond motifs is 1. The van der Waals surface area contributed by atoms with E-state index in [-0.39, 0.29) is 18.1 Å². The number of rotatable bonds is 8. The number of nitrogens with zero attached hydrogens (tertiary/aromatic N) is 3.